The van der Waals surface area contributed by atoms with Crippen molar-refractivity contribution in [2.24, 2.45) is 0 Å². The summed E-state index contributed by atoms with van der Waals surface area (Å²) >= 11 is 0. The summed E-state index contributed by atoms with van der Waals surface area (Å²) in [6, 6.07) is 16.8. The summed E-state index contributed by atoms with van der Waals surface area (Å²) in [7, 11) is 0. The Bertz CT molecular complexity index is 568. The maximum atomic E-state index is 5.62. The maximum absolute atomic E-state index is 5.62. The van der Waals surface area contributed by atoms with Crippen LogP contribution < -0.4 is 14.8 Å². The van der Waals surface area contributed by atoms with E-state index in [0.717, 1.165) is 23.6 Å². The topological polar surface area (TPSA) is 30.5 Å². The molecule has 0 fully saturated rings. The molecule has 1 atom stereocenters. The lowest BCUT2D eigenvalue weighted by atomic mass is 10.0. The van der Waals surface area contributed by atoms with Crippen LogP contribution >= 0.6 is 0 Å². The van der Waals surface area contributed by atoms with E-state index >= 15 is 0 Å². The molecule has 3 heteroatoms. The summed E-state index contributed by atoms with van der Waals surface area (Å²) in [5.41, 5.74) is 2.36. The summed E-state index contributed by atoms with van der Waals surface area (Å²) in [5.74, 6) is 1.65. The lowest BCUT2D eigenvalue weighted by molar-refractivity contribution is 0.171. The van der Waals surface area contributed by atoms with Crippen molar-refractivity contribution in [3.8, 4) is 11.5 Å². The number of anilines is 1. The van der Waals surface area contributed by atoms with E-state index in [-0.39, 0.29) is 0 Å². The molecular formula is C17H19NO2. The Balaban J connectivity index is 1.79. The molecule has 3 nitrogen and oxygen atoms in total. The van der Waals surface area contributed by atoms with Crippen molar-refractivity contribution in [2.45, 2.75) is 19.4 Å². The van der Waals surface area contributed by atoms with Crippen molar-refractivity contribution < 1.29 is 9.47 Å². The first-order valence-corrected chi connectivity index (χ1v) is 7.08. The number of fused-ring (bicyclic) bond motifs is 1. The molecule has 1 unspecified atom stereocenters. The third-order valence-corrected chi connectivity index (χ3v) is 3.49. The van der Waals surface area contributed by atoms with Gasteiger partial charge in [-0.2, -0.15) is 0 Å². The summed E-state index contributed by atoms with van der Waals surface area (Å²) in [4.78, 5) is 0. The average molecular weight is 269 g/mol. The monoisotopic (exact) mass is 269 g/mol. The molecule has 2 aromatic rings. The molecule has 3 rings (SSSR count). The second-order valence-corrected chi connectivity index (χ2v) is 4.87. The zero-order valence-electron chi connectivity index (χ0n) is 11.6. The highest BCUT2D eigenvalue weighted by atomic mass is 16.6. The predicted molar refractivity (Wildman–Crippen MR) is 80.5 cm³/mol. The molecule has 0 bridgehead atoms. The Morgan fingerprint density at radius 1 is 1.00 bits per heavy atom. The van der Waals surface area contributed by atoms with E-state index in [2.05, 4.69) is 36.5 Å². The number of benzene rings is 2. The van der Waals surface area contributed by atoms with E-state index in [4.69, 9.17) is 9.47 Å². The highest BCUT2D eigenvalue weighted by Gasteiger charge is 2.14. The molecule has 0 saturated carbocycles. The van der Waals surface area contributed by atoms with Gasteiger partial charge in [0.05, 0.1) is 6.04 Å². The van der Waals surface area contributed by atoms with Crippen LogP contribution in [0.5, 0.6) is 11.5 Å². The van der Waals surface area contributed by atoms with Crippen LogP contribution in [0.25, 0.3) is 0 Å². The fourth-order valence-electron chi connectivity index (χ4n) is 2.44. The first-order chi connectivity index (χ1) is 9.86. The molecule has 0 radical (unpaired) electrons. The Morgan fingerprint density at radius 2 is 1.75 bits per heavy atom. The molecule has 0 amide bonds. The Labute approximate surface area is 119 Å². The van der Waals surface area contributed by atoms with Gasteiger partial charge in [-0.15, -0.1) is 0 Å². The Kier molecular flexibility index (Phi) is 3.77. The minimum absolute atomic E-state index is 0.304. The molecule has 0 spiro atoms. The number of hydrogen-bond acceptors (Lipinski definition) is 3. The zero-order chi connectivity index (χ0) is 13.8. The number of nitrogens with one attached hydrogen (secondary N) is 1. The van der Waals surface area contributed by atoms with Crippen molar-refractivity contribution in [1.29, 1.82) is 0 Å². The number of rotatable bonds is 4. The van der Waals surface area contributed by atoms with Crippen LogP contribution in [0.4, 0.5) is 5.69 Å². The van der Waals surface area contributed by atoms with Gasteiger partial charge in [-0.3, -0.25) is 0 Å². The van der Waals surface area contributed by atoms with Gasteiger partial charge >= 0.3 is 0 Å². The van der Waals surface area contributed by atoms with Crippen LogP contribution in [0.2, 0.25) is 0 Å². The normalized spacial score (nSPS) is 14.7. The SMILES string of the molecule is CCC(Nc1ccc2c(c1)OCCO2)c1ccccc1. The quantitative estimate of drug-likeness (QED) is 0.909. The first-order valence-electron chi connectivity index (χ1n) is 7.08. The van der Waals surface area contributed by atoms with E-state index in [1.807, 2.05) is 24.3 Å². The summed E-state index contributed by atoms with van der Waals surface area (Å²) in [6.45, 7) is 3.43. The Hall–Kier alpha value is -2.16. The summed E-state index contributed by atoms with van der Waals surface area (Å²) < 4.78 is 11.2. The van der Waals surface area contributed by atoms with E-state index < -0.39 is 0 Å². The minimum atomic E-state index is 0.304. The lowest BCUT2D eigenvalue weighted by Gasteiger charge is -2.22. The molecule has 1 aliphatic heterocycles. The van der Waals surface area contributed by atoms with Crippen LogP contribution in [-0.4, -0.2) is 13.2 Å². The van der Waals surface area contributed by atoms with Crippen LogP contribution in [0.1, 0.15) is 24.9 Å². The molecule has 0 aromatic heterocycles. The summed E-state index contributed by atoms with van der Waals surface area (Å²) in [6.07, 6.45) is 1.03. The third-order valence-electron chi connectivity index (χ3n) is 3.49. The predicted octanol–water partition coefficient (Wildman–Crippen LogP) is 4.02. The summed E-state index contributed by atoms with van der Waals surface area (Å²) in [5, 5.41) is 3.56. The van der Waals surface area contributed by atoms with E-state index in [1.54, 1.807) is 0 Å². The molecule has 2 aromatic carbocycles. The molecular weight excluding hydrogens is 250 g/mol. The van der Waals surface area contributed by atoms with Gasteiger partial charge in [0, 0.05) is 11.8 Å². The van der Waals surface area contributed by atoms with Crippen LogP contribution in [0.3, 0.4) is 0 Å². The molecule has 0 saturated heterocycles. The fourth-order valence-corrected chi connectivity index (χ4v) is 2.44. The van der Waals surface area contributed by atoms with Gasteiger partial charge in [-0.1, -0.05) is 37.3 Å². The van der Waals surface area contributed by atoms with Crippen molar-refractivity contribution in [3.05, 3.63) is 54.1 Å². The molecule has 0 aliphatic carbocycles. The smallest absolute Gasteiger partial charge is 0.163 e. The number of hydrogen-bond donors (Lipinski definition) is 1. The van der Waals surface area contributed by atoms with E-state index in [9.17, 15) is 0 Å². The van der Waals surface area contributed by atoms with Crippen molar-refractivity contribution in [3.63, 3.8) is 0 Å². The van der Waals surface area contributed by atoms with E-state index in [1.165, 1.54) is 5.56 Å². The zero-order valence-corrected chi connectivity index (χ0v) is 11.6. The van der Waals surface area contributed by atoms with Crippen LogP contribution in [-0.2, 0) is 0 Å². The van der Waals surface area contributed by atoms with Gasteiger partial charge in [0.15, 0.2) is 11.5 Å². The Morgan fingerprint density at radius 3 is 2.50 bits per heavy atom. The highest BCUT2D eigenvalue weighted by Crippen LogP contribution is 2.34. The minimum Gasteiger partial charge on any atom is -0.486 e. The van der Waals surface area contributed by atoms with Crippen LogP contribution in [0, 0.1) is 0 Å². The number of ether oxygens (including phenoxy) is 2. The van der Waals surface area contributed by atoms with Gasteiger partial charge in [0.1, 0.15) is 13.2 Å². The van der Waals surface area contributed by atoms with Crippen molar-refractivity contribution in [1.82, 2.24) is 0 Å². The average Bonchev–Trinajstić information content (AvgIpc) is 2.53. The van der Waals surface area contributed by atoms with Crippen molar-refractivity contribution >= 4 is 5.69 Å². The molecule has 1 aliphatic rings. The lowest BCUT2D eigenvalue weighted by Crippen LogP contribution is -2.16. The van der Waals surface area contributed by atoms with E-state index in [0.29, 0.717) is 19.3 Å². The molecule has 1 heterocycles. The fraction of sp³-hybridized carbons (Fsp3) is 0.294. The van der Waals surface area contributed by atoms with Crippen molar-refractivity contribution in [2.75, 3.05) is 18.5 Å². The second-order valence-electron chi connectivity index (χ2n) is 4.87. The van der Waals surface area contributed by atoms with Gasteiger partial charge in [0.25, 0.3) is 0 Å². The van der Waals surface area contributed by atoms with Gasteiger partial charge in [0.2, 0.25) is 0 Å². The molecule has 1 N–H and O–H groups in total. The molecule has 104 valence electrons. The second kappa shape index (κ2) is 5.87. The molecule has 20 heavy (non-hydrogen) atoms. The largest absolute Gasteiger partial charge is 0.486 e. The highest BCUT2D eigenvalue weighted by molar-refractivity contribution is 5.56. The standard InChI is InChI=1S/C17H19NO2/c1-2-15(13-6-4-3-5-7-13)18-14-8-9-16-17(12-14)20-11-10-19-16/h3-9,12,15,18H,2,10-11H2,1H3. The first kappa shape index (κ1) is 12.9. The third kappa shape index (κ3) is 2.72. The van der Waals surface area contributed by atoms with Gasteiger partial charge < -0.3 is 14.8 Å². The van der Waals surface area contributed by atoms with Crippen LogP contribution in [0.15, 0.2) is 48.5 Å². The van der Waals surface area contributed by atoms with Gasteiger partial charge in [-0.25, -0.2) is 0 Å². The van der Waals surface area contributed by atoms with Gasteiger partial charge in [-0.05, 0) is 24.1 Å². The maximum Gasteiger partial charge on any atom is 0.163 e.